The minimum atomic E-state index is -0.332. The highest BCUT2D eigenvalue weighted by Gasteiger charge is 2.09. The van der Waals surface area contributed by atoms with Crippen LogP contribution in [0.5, 0.6) is 0 Å². The number of aromatic amines is 1. The first kappa shape index (κ1) is 14.3. The van der Waals surface area contributed by atoms with Crippen LogP contribution in [0.4, 0.5) is 5.82 Å². The topological polar surface area (TPSA) is 86.9 Å². The van der Waals surface area contributed by atoms with Gasteiger partial charge >= 0.3 is 0 Å². The van der Waals surface area contributed by atoms with Crippen molar-refractivity contribution in [1.29, 1.82) is 0 Å². The van der Waals surface area contributed by atoms with Crippen molar-refractivity contribution in [2.45, 2.75) is 6.92 Å². The average molecular weight is 337 g/mol. The third kappa shape index (κ3) is 3.92. The fraction of sp³-hybridized carbons (Fsp3) is 0.154. The van der Waals surface area contributed by atoms with Crippen LogP contribution >= 0.6 is 15.9 Å². The Labute approximate surface area is 124 Å². The van der Waals surface area contributed by atoms with Crippen molar-refractivity contribution >= 4 is 33.6 Å². The molecule has 104 valence electrons. The molecule has 1 heterocycles. The number of amides is 2. The molecule has 0 atom stereocenters. The molecule has 2 rings (SSSR count). The summed E-state index contributed by atoms with van der Waals surface area (Å²) < 4.78 is 0.890. The van der Waals surface area contributed by atoms with Gasteiger partial charge in [0.15, 0.2) is 5.82 Å². The number of aryl methyl sites for hydroxylation is 1. The van der Waals surface area contributed by atoms with E-state index in [-0.39, 0.29) is 18.4 Å². The lowest BCUT2D eigenvalue weighted by atomic mass is 10.2. The summed E-state index contributed by atoms with van der Waals surface area (Å²) in [7, 11) is 0. The molecule has 2 aromatic rings. The zero-order valence-electron chi connectivity index (χ0n) is 10.7. The first-order valence-corrected chi connectivity index (χ1v) is 6.69. The number of carbonyl (C=O) groups excluding carboxylic acids is 2. The number of carbonyl (C=O) groups is 2. The van der Waals surface area contributed by atoms with Gasteiger partial charge in [-0.25, -0.2) is 0 Å². The number of aromatic nitrogens is 2. The van der Waals surface area contributed by atoms with Crippen molar-refractivity contribution in [3.63, 3.8) is 0 Å². The Kier molecular flexibility index (Phi) is 4.52. The van der Waals surface area contributed by atoms with Crippen LogP contribution in [0, 0.1) is 6.92 Å². The summed E-state index contributed by atoms with van der Waals surface area (Å²) in [5, 5.41) is 11.7. The molecule has 7 heteroatoms. The van der Waals surface area contributed by atoms with E-state index < -0.39 is 0 Å². The Hall–Kier alpha value is -2.15. The molecule has 1 aromatic heterocycles. The molecule has 0 aliphatic carbocycles. The van der Waals surface area contributed by atoms with Crippen molar-refractivity contribution in [2.24, 2.45) is 0 Å². The first-order valence-electron chi connectivity index (χ1n) is 5.90. The lowest BCUT2D eigenvalue weighted by Crippen LogP contribution is -2.32. The highest BCUT2D eigenvalue weighted by molar-refractivity contribution is 9.10. The molecule has 6 nitrogen and oxygen atoms in total. The maximum atomic E-state index is 11.8. The van der Waals surface area contributed by atoms with Gasteiger partial charge in [0.2, 0.25) is 5.91 Å². The molecule has 0 unspecified atom stereocenters. The Morgan fingerprint density at radius 3 is 2.60 bits per heavy atom. The molecular formula is C13H13BrN4O2. The second kappa shape index (κ2) is 6.33. The Bertz CT molecular complexity index is 622. The van der Waals surface area contributed by atoms with E-state index in [1.807, 2.05) is 6.92 Å². The second-order valence-corrected chi connectivity index (χ2v) is 5.09. The summed E-state index contributed by atoms with van der Waals surface area (Å²) >= 11 is 3.29. The Morgan fingerprint density at radius 1 is 1.30 bits per heavy atom. The number of hydrogen-bond acceptors (Lipinski definition) is 3. The van der Waals surface area contributed by atoms with E-state index in [0.717, 1.165) is 10.2 Å². The van der Waals surface area contributed by atoms with Gasteiger partial charge in [0.05, 0.1) is 6.54 Å². The summed E-state index contributed by atoms with van der Waals surface area (Å²) in [6.45, 7) is 1.72. The standard InChI is InChI=1S/C13H13BrN4O2/c1-8-6-11(18-17-8)16-12(19)7-15-13(20)9-2-4-10(14)5-3-9/h2-6H,7H2,1H3,(H,15,20)(H2,16,17,18,19). The lowest BCUT2D eigenvalue weighted by Gasteiger charge is -2.05. The van der Waals surface area contributed by atoms with E-state index in [1.165, 1.54) is 0 Å². The van der Waals surface area contributed by atoms with E-state index in [2.05, 4.69) is 36.8 Å². The number of anilines is 1. The predicted molar refractivity (Wildman–Crippen MR) is 78.4 cm³/mol. The largest absolute Gasteiger partial charge is 0.343 e. The SMILES string of the molecule is Cc1cc(NC(=O)CNC(=O)c2ccc(Br)cc2)n[nH]1. The molecular weight excluding hydrogens is 324 g/mol. The predicted octanol–water partition coefficient (Wildman–Crippen LogP) is 1.85. The molecule has 0 aliphatic heterocycles. The summed E-state index contributed by atoms with van der Waals surface area (Å²) in [5.41, 5.74) is 1.34. The summed E-state index contributed by atoms with van der Waals surface area (Å²) in [4.78, 5) is 23.4. The van der Waals surface area contributed by atoms with Crippen LogP contribution < -0.4 is 10.6 Å². The number of hydrogen-bond donors (Lipinski definition) is 3. The number of halogens is 1. The third-order valence-corrected chi connectivity index (χ3v) is 3.02. The maximum Gasteiger partial charge on any atom is 0.251 e. The molecule has 0 bridgehead atoms. The minimum Gasteiger partial charge on any atom is -0.343 e. The first-order chi connectivity index (χ1) is 9.54. The van der Waals surface area contributed by atoms with E-state index in [9.17, 15) is 9.59 Å². The zero-order chi connectivity index (χ0) is 14.5. The molecule has 0 saturated carbocycles. The van der Waals surface area contributed by atoms with Crippen LogP contribution in [0.1, 0.15) is 16.1 Å². The van der Waals surface area contributed by atoms with E-state index in [1.54, 1.807) is 30.3 Å². The van der Waals surface area contributed by atoms with E-state index >= 15 is 0 Å². The van der Waals surface area contributed by atoms with Crippen LogP contribution in [-0.2, 0) is 4.79 Å². The van der Waals surface area contributed by atoms with Gasteiger partial charge in [0, 0.05) is 21.8 Å². The fourth-order valence-electron chi connectivity index (χ4n) is 1.53. The molecule has 0 aliphatic rings. The molecule has 0 saturated heterocycles. The molecule has 20 heavy (non-hydrogen) atoms. The van der Waals surface area contributed by atoms with Gasteiger partial charge in [-0.2, -0.15) is 5.10 Å². The van der Waals surface area contributed by atoms with Crippen molar-refractivity contribution in [3.8, 4) is 0 Å². The lowest BCUT2D eigenvalue weighted by molar-refractivity contribution is -0.115. The van der Waals surface area contributed by atoms with Crippen LogP contribution in [0.3, 0.4) is 0 Å². The van der Waals surface area contributed by atoms with Gasteiger partial charge in [-0.05, 0) is 31.2 Å². The number of benzene rings is 1. The Morgan fingerprint density at radius 2 is 2.00 bits per heavy atom. The second-order valence-electron chi connectivity index (χ2n) is 4.17. The van der Waals surface area contributed by atoms with Gasteiger partial charge in [-0.3, -0.25) is 14.7 Å². The van der Waals surface area contributed by atoms with Gasteiger partial charge in [-0.1, -0.05) is 15.9 Å². The molecule has 0 radical (unpaired) electrons. The molecule has 0 fully saturated rings. The van der Waals surface area contributed by atoms with Crippen molar-refractivity contribution < 1.29 is 9.59 Å². The van der Waals surface area contributed by atoms with Crippen LogP contribution in [-0.4, -0.2) is 28.6 Å². The smallest absolute Gasteiger partial charge is 0.251 e. The van der Waals surface area contributed by atoms with Crippen molar-refractivity contribution in [1.82, 2.24) is 15.5 Å². The van der Waals surface area contributed by atoms with E-state index in [4.69, 9.17) is 0 Å². The molecule has 0 spiro atoms. The van der Waals surface area contributed by atoms with Gasteiger partial charge in [0.1, 0.15) is 0 Å². The number of rotatable bonds is 4. The van der Waals surface area contributed by atoms with Gasteiger partial charge in [0.25, 0.3) is 5.91 Å². The van der Waals surface area contributed by atoms with Crippen LogP contribution in [0.15, 0.2) is 34.8 Å². The average Bonchev–Trinajstić information content (AvgIpc) is 2.82. The summed E-state index contributed by atoms with van der Waals surface area (Å²) in [6, 6.07) is 8.58. The number of H-pyrrole nitrogens is 1. The zero-order valence-corrected chi connectivity index (χ0v) is 12.3. The van der Waals surface area contributed by atoms with Gasteiger partial charge < -0.3 is 10.6 Å². The Balaban J connectivity index is 1.84. The normalized spacial score (nSPS) is 10.1. The van der Waals surface area contributed by atoms with Crippen LogP contribution in [0.2, 0.25) is 0 Å². The summed E-state index contributed by atoms with van der Waals surface area (Å²) in [6.07, 6.45) is 0. The minimum absolute atomic E-state index is 0.110. The van der Waals surface area contributed by atoms with Crippen molar-refractivity contribution in [3.05, 3.63) is 46.1 Å². The fourth-order valence-corrected chi connectivity index (χ4v) is 1.80. The monoisotopic (exact) mass is 336 g/mol. The van der Waals surface area contributed by atoms with E-state index in [0.29, 0.717) is 11.4 Å². The van der Waals surface area contributed by atoms with Gasteiger partial charge in [-0.15, -0.1) is 0 Å². The quantitative estimate of drug-likeness (QED) is 0.796. The molecule has 3 N–H and O–H groups in total. The van der Waals surface area contributed by atoms with Crippen molar-refractivity contribution in [2.75, 3.05) is 11.9 Å². The number of nitrogens with zero attached hydrogens (tertiary/aromatic N) is 1. The summed E-state index contributed by atoms with van der Waals surface area (Å²) in [5.74, 6) is -0.196. The highest BCUT2D eigenvalue weighted by atomic mass is 79.9. The van der Waals surface area contributed by atoms with Crippen LogP contribution in [0.25, 0.3) is 0 Å². The molecule has 1 aromatic carbocycles. The maximum absolute atomic E-state index is 11.8. The number of nitrogens with one attached hydrogen (secondary N) is 3. The molecule has 2 amide bonds. The third-order valence-electron chi connectivity index (χ3n) is 2.49. The highest BCUT2D eigenvalue weighted by Crippen LogP contribution is 2.10.